The summed E-state index contributed by atoms with van der Waals surface area (Å²) < 4.78 is 17.0. The van der Waals surface area contributed by atoms with Crippen molar-refractivity contribution < 1.29 is 23.8 Å². The zero-order valence-electron chi connectivity index (χ0n) is 19.2. The van der Waals surface area contributed by atoms with E-state index in [0.717, 1.165) is 25.9 Å². The maximum absolute atomic E-state index is 13.3. The Morgan fingerprint density at radius 1 is 1.09 bits per heavy atom. The Hall–Kier alpha value is -2.61. The first-order valence-corrected chi connectivity index (χ1v) is 12.1. The van der Waals surface area contributed by atoms with Crippen LogP contribution in [-0.2, 0) is 10.0 Å². The number of hydrogen-bond acceptors (Lipinski definition) is 6. The molecule has 1 aromatic heterocycles. The van der Waals surface area contributed by atoms with Crippen LogP contribution in [-0.4, -0.2) is 70.5 Å². The first kappa shape index (κ1) is 24.1. The van der Waals surface area contributed by atoms with Crippen LogP contribution in [0.25, 0.3) is 11.0 Å². The van der Waals surface area contributed by atoms with Gasteiger partial charge in [-0.2, -0.15) is 0 Å². The van der Waals surface area contributed by atoms with Crippen LogP contribution in [0.2, 0.25) is 5.02 Å². The summed E-state index contributed by atoms with van der Waals surface area (Å²) >= 11 is 6.06. The molecule has 178 valence electrons. The van der Waals surface area contributed by atoms with E-state index in [4.69, 9.17) is 41.2 Å². The number of carbonyl (C=O) groups is 1. The van der Waals surface area contributed by atoms with Crippen molar-refractivity contribution in [3.05, 3.63) is 58.8 Å². The molecule has 1 amide bonds. The lowest BCUT2D eigenvalue weighted by Crippen LogP contribution is -2.53. The third-order valence-corrected chi connectivity index (χ3v) is 6.76. The molecular formula is C25H25B2ClN2O5. The first-order valence-electron chi connectivity index (χ1n) is 11.7. The van der Waals surface area contributed by atoms with Crippen LogP contribution in [0.4, 0.5) is 0 Å². The average molecular weight is 491 g/mol. The number of likely N-dealkylation sites (tertiary alicyclic amines) is 1. The summed E-state index contributed by atoms with van der Waals surface area (Å²) in [6.07, 6.45) is 1.11. The second-order valence-corrected chi connectivity index (χ2v) is 9.53. The Labute approximate surface area is 211 Å². The number of benzene rings is 2. The van der Waals surface area contributed by atoms with Gasteiger partial charge in [-0.15, -0.1) is 0 Å². The van der Waals surface area contributed by atoms with Crippen LogP contribution in [0, 0.1) is 0 Å². The van der Waals surface area contributed by atoms with Gasteiger partial charge in [0.05, 0.1) is 21.7 Å². The van der Waals surface area contributed by atoms with E-state index in [0.29, 0.717) is 52.8 Å². The maximum Gasteiger partial charge on any atom is 0.216 e. The lowest BCUT2D eigenvalue weighted by atomic mass is 9.52. The van der Waals surface area contributed by atoms with Gasteiger partial charge in [0.25, 0.3) is 0 Å². The summed E-state index contributed by atoms with van der Waals surface area (Å²) in [6, 6.07) is 11.3. The highest BCUT2D eigenvalue weighted by atomic mass is 35.5. The number of nitrogens with one attached hydrogen (secondary N) is 1. The van der Waals surface area contributed by atoms with Gasteiger partial charge in [0.2, 0.25) is 5.91 Å². The van der Waals surface area contributed by atoms with E-state index in [2.05, 4.69) is 10.2 Å². The van der Waals surface area contributed by atoms with E-state index >= 15 is 0 Å². The highest BCUT2D eigenvalue weighted by Crippen LogP contribution is 2.34. The lowest BCUT2D eigenvalue weighted by molar-refractivity contribution is -0.124. The van der Waals surface area contributed by atoms with Gasteiger partial charge < -0.3 is 29.2 Å². The zero-order chi connectivity index (χ0) is 24.6. The summed E-state index contributed by atoms with van der Waals surface area (Å²) in [7, 11) is 12.6. The van der Waals surface area contributed by atoms with Gasteiger partial charge in [0, 0.05) is 22.2 Å². The van der Waals surface area contributed by atoms with Gasteiger partial charge in [0.15, 0.2) is 11.5 Å². The van der Waals surface area contributed by atoms with Gasteiger partial charge in [0.1, 0.15) is 30.7 Å². The van der Waals surface area contributed by atoms with Crippen LogP contribution in [0.1, 0.15) is 30.3 Å². The van der Waals surface area contributed by atoms with Crippen LogP contribution < -0.4 is 14.8 Å². The summed E-state index contributed by atoms with van der Waals surface area (Å²) in [6.45, 7) is 3.13. The minimum absolute atomic E-state index is 0.0982. The molecule has 2 N–H and O–H groups in total. The van der Waals surface area contributed by atoms with Gasteiger partial charge in [-0.25, -0.2) is 0 Å². The molecule has 2 aliphatic heterocycles. The van der Waals surface area contributed by atoms with Crippen LogP contribution in [0.15, 0.2) is 46.9 Å². The molecule has 3 heterocycles. The number of ether oxygens (including phenoxy) is 2. The fourth-order valence-corrected chi connectivity index (χ4v) is 4.74. The van der Waals surface area contributed by atoms with Gasteiger partial charge in [-0.05, 0) is 67.9 Å². The molecule has 2 atom stereocenters. The molecule has 0 bridgehead atoms. The number of fused-ring (bicyclic) bond motifs is 2. The molecule has 4 radical (unpaired) electrons. The SMILES string of the molecule is [B]C([B])(C(=O)N[C@H](CN1CCCC1)[C@H](O)c1ccc2c(c1)OCCO2)c1cc2cc(Cl)ccc2o1. The molecule has 0 saturated carbocycles. The van der Waals surface area contributed by atoms with E-state index < -0.39 is 23.3 Å². The monoisotopic (exact) mass is 490 g/mol. The van der Waals surface area contributed by atoms with E-state index in [1.165, 1.54) is 0 Å². The third-order valence-electron chi connectivity index (χ3n) is 6.52. The number of halogens is 1. The maximum atomic E-state index is 13.3. The van der Waals surface area contributed by atoms with E-state index in [1.807, 2.05) is 0 Å². The quantitative estimate of drug-likeness (QED) is 0.496. The standard InChI is InChI=1S/C25H25B2ClN2O5/c26-25(27,22-13-16-11-17(28)4-6-19(16)35-22)24(32)29-18(14-30-7-1-2-8-30)23(31)15-3-5-20-21(12-15)34-10-9-33-20/h3-6,11-13,18,23,31H,1-2,7-10,14H2,(H,29,32)/t18-,23-/m1/s1. The Bertz CT molecular complexity index is 1230. The molecule has 7 nitrogen and oxygen atoms in total. The van der Waals surface area contributed by atoms with E-state index in [-0.39, 0.29) is 5.76 Å². The molecule has 3 aromatic rings. The molecule has 2 aromatic carbocycles. The van der Waals surface area contributed by atoms with Crippen molar-refractivity contribution in [1.29, 1.82) is 0 Å². The van der Waals surface area contributed by atoms with Gasteiger partial charge in [-0.1, -0.05) is 17.7 Å². The molecule has 35 heavy (non-hydrogen) atoms. The smallest absolute Gasteiger partial charge is 0.216 e. The first-order chi connectivity index (χ1) is 16.8. The number of aliphatic hydroxyl groups excluding tert-OH is 1. The molecule has 0 aliphatic carbocycles. The Morgan fingerprint density at radius 3 is 2.60 bits per heavy atom. The summed E-state index contributed by atoms with van der Waals surface area (Å²) in [4.78, 5) is 15.5. The Kier molecular flexibility index (Phi) is 6.75. The van der Waals surface area contributed by atoms with Crippen molar-refractivity contribution >= 4 is 44.2 Å². The molecule has 1 saturated heterocycles. The van der Waals surface area contributed by atoms with Crippen molar-refractivity contribution in [2.24, 2.45) is 0 Å². The summed E-state index contributed by atoms with van der Waals surface area (Å²) in [5.74, 6) is 0.622. The number of aliphatic hydroxyl groups is 1. The largest absolute Gasteiger partial charge is 0.486 e. The molecule has 5 rings (SSSR count). The second-order valence-electron chi connectivity index (χ2n) is 9.10. The summed E-state index contributed by atoms with van der Waals surface area (Å²) in [5, 5.41) is 13.5. The van der Waals surface area contributed by atoms with Crippen molar-refractivity contribution in [2.75, 3.05) is 32.8 Å². The summed E-state index contributed by atoms with van der Waals surface area (Å²) in [5.41, 5.74) is 1.11. The fraction of sp³-hybridized carbons (Fsp3) is 0.400. The number of amides is 1. The second kappa shape index (κ2) is 9.80. The van der Waals surface area contributed by atoms with Gasteiger partial charge in [-0.3, -0.25) is 4.79 Å². The molecule has 10 heteroatoms. The van der Waals surface area contributed by atoms with Gasteiger partial charge >= 0.3 is 0 Å². The number of carbonyl (C=O) groups excluding carboxylic acids is 1. The normalized spacial score (nSPS) is 17.9. The van der Waals surface area contributed by atoms with Crippen molar-refractivity contribution in [3.63, 3.8) is 0 Å². The van der Waals surface area contributed by atoms with Crippen LogP contribution in [0.5, 0.6) is 11.5 Å². The molecule has 2 aliphatic rings. The minimum atomic E-state index is -1.96. The zero-order valence-corrected chi connectivity index (χ0v) is 20.0. The lowest BCUT2D eigenvalue weighted by Gasteiger charge is -2.32. The predicted octanol–water partition coefficient (Wildman–Crippen LogP) is 2.66. The number of furan rings is 1. The van der Waals surface area contributed by atoms with E-state index in [9.17, 15) is 9.90 Å². The van der Waals surface area contributed by atoms with Crippen molar-refractivity contribution in [3.8, 4) is 11.5 Å². The predicted molar refractivity (Wildman–Crippen MR) is 134 cm³/mol. The highest BCUT2D eigenvalue weighted by Gasteiger charge is 2.36. The molecule has 0 unspecified atom stereocenters. The number of hydrogen-bond donors (Lipinski definition) is 2. The Balaban J connectivity index is 1.39. The van der Waals surface area contributed by atoms with Crippen LogP contribution >= 0.6 is 11.6 Å². The van der Waals surface area contributed by atoms with Crippen molar-refractivity contribution in [1.82, 2.24) is 10.2 Å². The molecular weight excluding hydrogens is 465 g/mol. The molecule has 1 fully saturated rings. The van der Waals surface area contributed by atoms with Crippen molar-refractivity contribution in [2.45, 2.75) is 30.2 Å². The molecule has 0 spiro atoms. The average Bonchev–Trinajstić information content (AvgIpc) is 3.52. The fourth-order valence-electron chi connectivity index (χ4n) is 4.56. The number of rotatable bonds is 7. The Morgan fingerprint density at radius 2 is 1.83 bits per heavy atom. The topological polar surface area (TPSA) is 84.2 Å². The third kappa shape index (κ3) is 5.03. The highest BCUT2D eigenvalue weighted by molar-refractivity contribution is 6.50. The van der Waals surface area contributed by atoms with Crippen LogP contribution in [0.3, 0.4) is 0 Å². The van der Waals surface area contributed by atoms with E-state index in [1.54, 1.807) is 42.5 Å². The minimum Gasteiger partial charge on any atom is -0.486 e. The number of nitrogens with zero attached hydrogens (tertiary/aromatic N) is 1.